The largest absolute Gasteiger partial charge is 0.477 e. The van der Waals surface area contributed by atoms with Crippen molar-refractivity contribution in [3.8, 4) is 5.88 Å². The van der Waals surface area contributed by atoms with Gasteiger partial charge in [0.05, 0.1) is 24.3 Å². The van der Waals surface area contributed by atoms with Gasteiger partial charge in [0.1, 0.15) is 0 Å². The Kier molecular flexibility index (Phi) is 8.22. The number of benzene rings is 1. The van der Waals surface area contributed by atoms with Crippen LogP contribution >= 0.6 is 11.6 Å². The van der Waals surface area contributed by atoms with E-state index in [1.165, 1.54) is 36.8 Å². The van der Waals surface area contributed by atoms with Crippen LogP contribution in [-0.2, 0) is 23.8 Å². The van der Waals surface area contributed by atoms with E-state index in [1.807, 2.05) is 0 Å². The summed E-state index contributed by atoms with van der Waals surface area (Å²) in [5.74, 6) is -0.259. The minimum Gasteiger partial charge on any atom is -0.477 e. The molecule has 0 radical (unpaired) electrons. The number of halogens is 4. The van der Waals surface area contributed by atoms with Crippen molar-refractivity contribution in [3.63, 3.8) is 0 Å². The zero-order valence-electron chi connectivity index (χ0n) is 19.6. The second kappa shape index (κ2) is 11.5. The number of amides is 2. The van der Waals surface area contributed by atoms with Gasteiger partial charge in [0.25, 0.3) is 5.91 Å². The third-order valence-corrected chi connectivity index (χ3v) is 6.20. The Labute approximate surface area is 216 Å². The van der Waals surface area contributed by atoms with E-state index in [0.717, 1.165) is 6.07 Å². The Bertz CT molecular complexity index is 1270. The number of ether oxygens (including phenoxy) is 1. The van der Waals surface area contributed by atoms with Crippen LogP contribution in [0.25, 0.3) is 0 Å². The molecule has 1 aliphatic heterocycles. The van der Waals surface area contributed by atoms with Crippen LogP contribution < -0.4 is 4.74 Å². The molecule has 1 saturated heterocycles. The summed E-state index contributed by atoms with van der Waals surface area (Å²) in [5.41, 5.74) is 0.162. The molecular formula is C25H23ClF3N5O3. The predicted molar refractivity (Wildman–Crippen MR) is 128 cm³/mol. The van der Waals surface area contributed by atoms with Gasteiger partial charge in [-0.2, -0.15) is 13.2 Å². The summed E-state index contributed by atoms with van der Waals surface area (Å²) in [7, 11) is 0. The van der Waals surface area contributed by atoms with E-state index in [1.54, 1.807) is 21.9 Å². The van der Waals surface area contributed by atoms with Crippen molar-refractivity contribution in [2.75, 3.05) is 32.8 Å². The SMILES string of the molecule is O=C(Cc1nccnc1Cl)N1CCN(C(=O)c2ccnc(OCCc3ccccc3C(F)(F)F)c2)CC1. The van der Waals surface area contributed by atoms with Gasteiger partial charge in [-0.25, -0.2) is 9.97 Å². The number of aromatic nitrogens is 3. The van der Waals surface area contributed by atoms with E-state index in [0.29, 0.717) is 37.4 Å². The number of carbonyl (C=O) groups is 2. The maximum Gasteiger partial charge on any atom is 0.416 e. The summed E-state index contributed by atoms with van der Waals surface area (Å²) in [6, 6.07) is 8.33. The maximum atomic E-state index is 13.2. The monoisotopic (exact) mass is 533 g/mol. The van der Waals surface area contributed by atoms with Gasteiger partial charge in [0, 0.05) is 62.8 Å². The van der Waals surface area contributed by atoms with Crippen molar-refractivity contribution in [1.82, 2.24) is 24.8 Å². The van der Waals surface area contributed by atoms with Gasteiger partial charge in [-0.15, -0.1) is 0 Å². The van der Waals surface area contributed by atoms with Crippen LogP contribution in [0.2, 0.25) is 5.15 Å². The predicted octanol–water partition coefficient (Wildman–Crippen LogP) is 3.69. The number of hydrogen-bond acceptors (Lipinski definition) is 6. The van der Waals surface area contributed by atoms with E-state index >= 15 is 0 Å². The molecule has 0 saturated carbocycles. The molecule has 194 valence electrons. The first kappa shape index (κ1) is 26.3. The van der Waals surface area contributed by atoms with Crippen molar-refractivity contribution < 1.29 is 27.5 Å². The fourth-order valence-electron chi connectivity index (χ4n) is 3.97. The van der Waals surface area contributed by atoms with Crippen LogP contribution in [0.4, 0.5) is 13.2 Å². The first-order chi connectivity index (χ1) is 17.7. The quantitative estimate of drug-likeness (QED) is 0.460. The molecule has 0 aliphatic carbocycles. The number of nitrogens with zero attached hydrogens (tertiary/aromatic N) is 5. The molecule has 8 nitrogen and oxygen atoms in total. The van der Waals surface area contributed by atoms with Gasteiger partial charge in [0.2, 0.25) is 11.8 Å². The van der Waals surface area contributed by atoms with Crippen molar-refractivity contribution in [2.24, 2.45) is 0 Å². The number of pyridine rings is 1. The van der Waals surface area contributed by atoms with E-state index in [4.69, 9.17) is 16.3 Å². The summed E-state index contributed by atoms with van der Waals surface area (Å²) in [6.45, 7) is 1.36. The Balaban J connectivity index is 1.30. The van der Waals surface area contributed by atoms with Crippen LogP contribution in [0.3, 0.4) is 0 Å². The molecule has 0 bridgehead atoms. The Morgan fingerprint density at radius 2 is 1.65 bits per heavy atom. The van der Waals surface area contributed by atoms with Gasteiger partial charge >= 0.3 is 6.18 Å². The molecule has 37 heavy (non-hydrogen) atoms. The van der Waals surface area contributed by atoms with E-state index in [-0.39, 0.29) is 47.9 Å². The van der Waals surface area contributed by atoms with Crippen molar-refractivity contribution >= 4 is 23.4 Å². The molecule has 0 unspecified atom stereocenters. The Hall–Kier alpha value is -3.73. The summed E-state index contributed by atoms with van der Waals surface area (Å²) in [6.07, 6.45) is -0.0536. The normalized spacial score (nSPS) is 13.9. The van der Waals surface area contributed by atoms with E-state index in [9.17, 15) is 22.8 Å². The first-order valence-corrected chi connectivity index (χ1v) is 11.9. The van der Waals surface area contributed by atoms with Gasteiger partial charge in [-0.3, -0.25) is 14.6 Å². The third kappa shape index (κ3) is 6.73. The van der Waals surface area contributed by atoms with E-state index in [2.05, 4.69) is 15.0 Å². The highest BCUT2D eigenvalue weighted by Crippen LogP contribution is 2.32. The smallest absolute Gasteiger partial charge is 0.416 e. The molecule has 3 heterocycles. The Morgan fingerprint density at radius 1 is 0.946 bits per heavy atom. The third-order valence-electron chi connectivity index (χ3n) is 5.89. The molecule has 0 spiro atoms. The van der Waals surface area contributed by atoms with Crippen LogP contribution in [0.15, 0.2) is 55.0 Å². The minimum absolute atomic E-state index is 0.0269. The second-order valence-corrected chi connectivity index (χ2v) is 8.64. The van der Waals surface area contributed by atoms with Crippen LogP contribution in [0, 0.1) is 0 Å². The number of rotatable bonds is 7. The van der Waals surface area contributed by atoms with Gasteiger partial charge in [-0.05, 0) is 17.7 Å². The summed E-state index contributed by atoms with van der Waals surface area (Å²) < 4.78 is 45.1. The lowest BCUT2D eigenvalue weighted by molar-refractivity contribution is -0.138. The lowest BCUT2D eigenvalue weighted by Crippen LogP contribution is -2.51. The molecule has 2 amide bonds. The average molecular weight is 534 g/mol. The average Bonchev–Trinajstić information content (AvgIpc) is 2.89. The highest BCUT2D eigenvalue weighted by Gasteiger charge is 2.32. The minimum atomic E-state index is -4.45. The van der Waals surface area contributed by atoms with Gasteiger partial charge in [-0.1, -0.05) is 29.8 Å². The zero-order chi connectivity index (χ0) is 26.4. The molecule has 3 aromatic rings. The topological polar surface area (TPSA) is 88.5 Å². The zero-order valence-corrected chi connectivity index (χ0v) is 20.4. The maximum absolute atomic E-state index is 13.2. The fraction of sp³-hybridized carbons (Fsp3) is 0.320. The van der Waals surface area contributed by atoms with Crippen LogP contribution in [0.1, 0.15) is 27.2 Å². The lowest BCUT2D eigenvalue weighted by atomic mass is 10.0. The number of carbonyl (C=O) groups excluding carboxylic acids is 2. The van der Waals surface area contributed by atoms with Gasteiger partial charge in [0.15, 0.2) is 5.15 Å². The van der Waals surface area contributed by atoms with Crippen LogP contribution in [-0.4, -0.2) is 69.4 Å². The highest BCUT2D eigenvalue weighted by atomic mass is 35.5. The molecule has 4 rings (SSSR count). The molecule has 0 atom stereocenters. The first-order valence-electron chi connectivity index (χ1n) is 11.5. The molecule has 1 aromatic carbocycles. The molecule has 2 aromatic heterocycles. The molecule has 0 N–H and O–H groups in total. The highest BCUT2D eigenvalue weighted by molar-refractivity contribution is 6.30. The van der Waals surface area contributed by atoms with Crippen molar-refractivity contribution in [3.05, 3.63) is 82.5 Å². The number of piperazine rings is 1. The summed E-state index contributed by atoms with van der Waals surface area (Å²) in [4.78, 5) is 40.9. The van der Waals surface area contributed by atoms with Gasteiger partial charge < -0.3 is 14.5 Å². The summed E-state index contributed by atoms with van der Waals surface area (Å²) in [5, 5.41) is 0.185. The van der Waals surface area contributed by atoms with E-state index < -0.39 is 11.7 Å². The Morgan fingerprint density at radius 3 is 2.38 bits per heavy atom. The molecule has 1 aliphatic rings. The molecule has 12 heteroatoms. The van der Waals surface area contributed by atoms with Crippen molar-refractivity contribution in [2.45, 2.75) is 19.0 Å². The van der Waals surface area contributed by atoms with Crippen molar-refractivity contribution in [1.29, 1.82) is 0 Å². The molecule has 1 fully saturated rings. The standard InChI is InChI=1S/C25H23ClF3N5O3/c26-23-20(30-8-9-32-23)16-22(35)33-10-12-34(13-11-33)24(36)18-5-7-31-21(15-18)37-14-6-17-3-1-2-4-19(17)25(27,28)29/h1-5,7-9,15H,6,10-14,16H2. The van der Waals surface area contributed by atoms with Crippen LogP contribution in [0.5, 0.6) is 5.88 Å². The summed E-state index contributed by atoms with van der Waals surface area (Å²) >= 11 is 5.98. The number of hydrogen-bond donors (Lipinski definition) is 0. The fourth-order valence-corrected chi connectivity index (χ4v) is 4.14. The second-order valence-electron chi connectivity index (χ2n) is 8.28. The number of alkyl halides is 3. The lowest BCUT2D eigenvalue weighted by Gasteiger charge is -2.34. The molecular weight excluding hydrogens is 511 g/mol.